The van der Waals surface area contributed by atoms with E-state index in [1.165, 1.54) is 18.2 Å². The van der Waals surface area contributed by atoms with E-state index in [1.54, 1.807) is 6.07 Å². The highest BCUT2D eigenvalue weighted by Crippen LogP contribution is 2.37. The van der Waals surface area contributed by atoms with Gasteiger partial charge in [0.1, 0.15) is 29.9 Å². The minimum atomic E-state index is -1.50. The van der Waals surface area contributed by atoms with Crippen molar-refractivity contribution in [3.8, 4) is 0 Å². The fourth-order valence-corrected chi connectivity index (χ4v) is 3.17. The first-order chi connectivity index (χ1) is 9.95. The van der Waals surface area contributed by atoms with Crippen LogP contribution in [0.2, 0.25) is 0 Å². The van der Waals surface area contributed by atoms with Gasteiger partial charge in [-0.25, -0.2) is 0 Å². The Morgan fingerprint density at radius 1 is 1.19 bits per heavy atom. The van der Waals surface area contributed by atoms with Crippen molar-refractivity contribution in [2.45, 2.75) is 34.7 Å². The van der Waals surface area contributed by atoms with Crippen LogP contribution in [0.15, 0.2) is 29.2 Å². The van der Waals surface area contributed by atoms with Gasteiger partial charge in [-0.1, -0.05) is 23.9 Å². The van der Waals surface area contributed by atoms with E-state index in [-0.39, 0.29) is 10.6 Å². The van der Waals surface area contributed by atoms with Crippen LogP contribution < -0.4 is 0 Å². The van der Waals surface area contributed by atoms with E-state index in [9.17, 15) is 25.4 Å². The number of rotatable bonds is 4. The lowest BCUT2D eigenvalue weighted by atomic mass is 10.0. The van der Waals surface area contributed by atoms with Gasteiger partial charge in [0.2, 0.25) is 0 Å². The lowest BCUT2D eigenvalue weighted by molar-refractivity contribution is -0.387. The van der Waals surface area contributed by atoms with Gasteiger partial charge in [-0.2, -0.15) is 0 Å². The predicted octanol–water partition coefficient (Wildman–Crippen LogP) is -0.513. The highest BCUT2D eigenvalue weighted by atomic mass is 32.2. The van der Waals surface area contributed by atoms with E-state index in [0.29, 0.717) is 0 Å². The maximum Gasteiger partial charge on any atom is 0.282 e. The fourth-order valence-electron chi connectivity index (χ4n) is 2.00. The van der Waals surface area contributed by atoms with Gasteiger partial charge in [-0.3, -0.25) is 10.1 Å². The molecule has 0 radical (unpaired) electrons. The Morgan fingerprint density at radius 3 is 2.48 bits per heavy atom. The molecular formula is C12H15NO7S. The average Bonchev–Trinajstić information content (AvgIpc) is 2.48. The molecule has 0 spiro atoms. The zero-order valence-electron chi connectivity index (χ0n) is 10.8. The fraction of sp³-hybridized carbons (Fsp3) is 0.500. The molecule has 21 heavy (non-hydrogen) atoms. The molecule has 0 aromatic heterocycles. The number of hydrogen-bond acceptors (Lipinski definition) is 8. The van der Waals surface area contributed by atoms with E-state index < -0.39 is 41.4 Å². The summed E-state index contributed by atoms with van der Waals surface area (Å²) in [4.78, 5) is 10.6. The topological polar surface area (TPSA) is 133 Å². The second-order valence-electron chi connectivity index (χ2n) is 4.54. The summed E-state index contributed by atoms with van der Waals surface area (Å²) < 4.78 is 5.30. The molecule has 4 N–H and O–H groups in total. The lowest BCUT2D eigenvalue weighted by Gasteiger charge is -2.39. The minimum absolute atomic E-state index is 0.153. The maximum atomic E-state index is 10.9. The van der Waals surface area contributed by atoms with E-state index in [1.807, 2.05) is 0 Å². The second kappa shape index (κ2) is 6.69. The molecule has 1 saturated heterocycles. The number of aliphatic hydroxyl groups excluding tert-OH is 4. The summed E-state index contributed by atoms with van der Waals surface area (Å²) in [7, 11) is 0. The Hall–Kier alpha value is -1.23. The lowest BCUT2D eigenvalue weighted by Crippen LogP contribution is -2.57. The molecule has 0 saturated carbocycles. The first kappa shape index (κ1) is 16.1. The van der Waals surface area contributed by atoms with E-state index in [4.69, 9.17) is 9.84 Å². The van der Waals surface area contributed by atoms with Crippen LogP contribution in [0.5, 0.6) is 0 Å². The zero-order chi connectivity index (χ0) is 15.6. The summed E-state index contributed by atoms with van der Waals surface area (Å²) in [6, 6.07) is 5.91. The molecule has 5 atom stereocenters. The summed E-state index contributed by atoms with van der Waals surface area (Å²) in [6.45, 7) is -0.543. The SMILES string of the molecule is O=[N+]([O-])c1ccccc1S[C@@H]1OC(CO)[C@H](O)[C@@H](O)[C@H]1O. The highest BCUT2D eigenvalue weighted by molar-refractivity contribution is 8.00. The Kier molecular flexibility index (Phi) is 5.14. The third-order valence-corrected chi connectivity index (χ3v) is 4.37. The molecule has 1 unspecified atom stereocenters. The zero-order valence-corrected chi connectivity index (χ0v) is 11.6. The van der Waals surface area contributed by atoms with Gasteiger partial charge < -0.3 is 25.2 Å². The number of hydrogen-bond donors (Lipinski definition) is 4. The molecule has 1 aromatic rings. The Balaban J connectivity index is 2.20. The number of ether oxygens (including phenoxy) is 1. The van der Waals surface area contributed by atoms with Crippen molar-refractivity contribution in [3.63, 3.8) is 0 Å². The van der Waals surface area contributed by atoms with Gasteiger partial charge >= 0.3 is 0 Å². The molecule has 1 fully saturated rings. The summed E-state index contributed by atoms with van der Waals surface area (Å²) >= 11 is 0.856. The third-order valence-electron chi connectivity index (χ3n) is 3.15. The second-order valence-corrected chi connectivity index (χ2v) is 5.68. The van der Waals surface area contributed by atoms with Crippen molar-refractivity contribution >= 4 is 17.4 Å². The van der Waals surface area contributed by atoms with Crippen molar-refractivity contribution in [1.29, 1.82) is 0 Å². The smallest absolute Gasteiger partial charge is 0.282 e. The van der Waals surface area contributed by atoms with Crippen LogP contribution in [0.1, 0.15) is 0 Å². The van der Waals surface area contributed by atoms with Crippen molar-refractivity contribution < 1.29 is 30.1 Å². The normalized spacial score (nSPS) is 32.9. The van der Waals surface area contributed by atoms with Gasteiger partial charge in [0.05, 0.1) is 16.4 Å². The molecule has 116 valence electrons. The Labute approximate surface area is 124 Å². The van der Waals surface area contributed by atoms with Crippen LogP contribution in [-0.2, 0) is 4.74 Å². The Bertz CT molecular complexity index is 512. The van der Waals surface area contributed by atoms with Crippen LogP contribution in [0.4, 0.5) is 5.69 Å². The molecule has 9 heteroatoms. The molecular weight excluding hydrogens is 302 g/mol. The van der Waals surface area contributed by atoms with Gasteiger partial charge in [0, 0.05) is 6.07 Å². The van der Waals surface area contributed by atoms with Crippen LogP contribution >= 0.6 is 11.8 Å². The van der Waals surface area contributed by atoms with Gasteiger partial charge in [0.15, 0.2) is 0 Å². The first-order valence-electron chi connectivity index (χ1n) is 6.16. The third kappa shape index (κ3) is 3.34. The number of nitro benzene ring substituents is 1. The molecule has 1 aromatic carbocycles. The quantitative estimate of drug-likeness (QED) is 0.431. The predicted molar refractivity (Wildman–Crippen MR) is 72.7 cm³/mol. The van der Waals surface area contributed by atoms with Crippen molar-refractivity contribution in [2.24, 2.45) is 0 Å². The number of benzene rings is 1. The minimum Gasteiger partial charge on any atom is -0.394 e. The Morgan fingerprint density at radius 2 is 1.86 bits per heavy atom. The van der Waals surface area contributed by atoms with E-state index in [2.05, 4.69) is 0 Å². The molecule has 0 aliphatic carbocycles. The van der Waals surface area contributed by atoms with Crippen LogP contribution in [0.25, 0.3) is 0 Å². The standard InChI is InChI=1S/C12H15NO7S/c14-5-7-9(15)10(16)11(17)12(20-7)21-8-4-2-1-3-6(8)13(18)19/h1-4,7,9-12,14-17H,5H2/t7?,9-,10+,11+,12-/m0/s1. The van der Waals surface area contributed by atoms with Gasteiger partial charge in [0.25, 0.3) is 5.69 Å². The molecule has 0 amide bonds. The largest absolute Gasteiger partial charge is 0.394 e. The van der Waals surface area contributed by atoms with Crippen molar-refractivity contribution in [2.75, 3.05) is 6.61 Å². The van der Waals surface area contributed by atoms with Gasteiger partial charge in [-0.05, 0) is 6.07 Å². The molecule has 1 aliphatic rings. The molecule has 1 aliphatic heterocycles. The van der Waals surface area contributed by atoms with Crippen molar-refractivity contribution in [3.05, 3.63) is 34.4 Å². The molecule has 1 heterocycles. The monoisotopic (exact) mass is 317 g/mol. The number of thioether (sulfide) groups is 1. The average molecular weight is 317 g/mol. The first-order valence-corrected chi connectivity index (χ1v) is 7.04. The number of nitrogens with zero attached hydrogens (tertiary/aromatic N) is 1. The number of aliphatic hydroxyl groups is 4. The summed E-state index contributed by atoms with van der Waals surface area (Å²) in [5.41, 5.74) is -1.19. The summed E-state index contributed by atoms with van der Waals surface area (Å²) in [6.07, 6.45) is -5.43. The summed E-state index contributed by atoms with van der Waals surface area (Å²) in [5, 5.41) is 49.3. The van der Waals surface area contributed by atoms with Crippen molar-refractivity contribution in [1.82, 2.24) is 0 Å². The molecule has 8 nitrogen and oxygen atoms in total. The summed E-state index contributed by atoms with van der Waals surface area (Å²) in [5.74, 6) is 0. The molecule has 0 bridgehead atoms. The van der Waals surface area contributed by atoms with E-state index in [0.717, 1.165) is 11.8 Å². The van der Waals surface area contributed by atoms with Gasteiger partial charge in [-0.15, -0.1) is 0 Å². The van der Waals surface area contributed by atoms with Crippen LogP contribution in [0, 0.1) is 10.1 Å². The number of para-hydroxylation sites is 1. The van der Waals surface area contributed by atoms with Crippen LogP contribution in [-0.4, -0.2) is 61.8 Å². The number of nitro groups is 1. The van der Waals surface area contributed by atoms with E-state index >= 15 is 0 Å². The van der Waals surface area contributed by atoms with Crippen LogP contribution in [0.3, 0.4) is 0 Å². The highest BCUT2D eigenvalue weighted by Gasteiger charge is 2.44. The molecule has 2 rings (SSSR count). The maximum absolute atomic E-state index is 10.9.